The Morgan fingerprint density at radius 3 is 2.37 bits per heavy atom. The summed E-state index contributed by atoms with van der Waals surface area (Å²) in [6, 6.07) is 12.2. The summed E-state index contributed by atoms with van der Waals surface area (Å²) in [5.41, 5.74) is 8.66. The number of hydrogen-bond acceptors (Lipinski definition) is 7. The maximum absolute atomic E-state index is 13.9. The monoisotopic (exact) mass is 478 g/mol. The van der Waals surface area contributed by atoms with Crippen molar-refractivity contribution in [2.45, 2.75) is 0 Å². The SMILES string of the molecule is CN(C)CCN1CCN(c2nc(-c3ccc(F)cc3)c3c(N)n(-c4cccc(F)c4)nc3n2)CC1. The molecule has 1 fully saturated rings. The lowest BCUT2D eigenvalue weighted by atomic mass is 10.1. The molecule has 0 unspecified atom stereocenters. The third kappa shape index (κ3) is 4.80. The van der Waals surface area contributed by atoms with Gasteiger partial charge in [-0.25, -0.2) is 18.4 Å². The number of piperazine rings is 1. The van der Waals surface area contributed by atoms with Gasteiger partial charge >= 0.3 is 0 Å². The molecule has 35 heavy (non-hydrogen) atoms. The van der Waals surface area contributed by atoms with Gasteiger partial charge in [-0.3, -0.25) is 4.90 Å². The van der Waals surface area contributed by atoms with Crippen molar-refractivity contribution >= 4 is 22.8 Å². The van der Waals surface area contributed by atoms with Crippen LogP contribution in [0.2, 0.25) is 0 Å². The van der Waals surface area contributed by atoms with Crippen molar-refractivity contribution in [3.05, 3.63) is 60.2 Å². The summed E-state index contributed by atoms with van der Waals surface area (Å²) >= 11 is 0. The highest BCUT2D eigenvalue weighted by Crippen LogP contribution is 2.33. The van der Waals surface area contributed by atoms with Crippen LogP contribution in [0.5, 0.6) is 0 Å². The lowest BCUT2D eigenvalue weighted by molar-refractivity contribution is 0.229. The molecule has 0 aliphatic carbocycles. The second-order valence-corrected chi connectivity index (χ2v) is 8.99. The van der Waals surface area contributed by atoms with E-state index in [0.29, 0.717) is 39.7 Å². The molecular weight excluding hydrogens is 450 g/mol. The zero-order valence-corrected chi connectivity index (χ0v) is 19.8. The first-order chi connectivity index (χ1) is 16.9. The lowest BCUT2D eigenvalue weighted by Gasteiger charge is -2.35. The molecule has 1 saturated heterocycles. The Labute approximate surface area is 202 Å². The Morgan fingerprint density at radius 2 is 1.69 bits per heavy atom. The van der Waals surface area contributed by atoms with Crippen LogP contribution in [0, 0.1) is 11.6 Å². The van der Waals surface area contributed by atoms with Crippen LogP contribution in [0.25, 0.3) is 28.0 Å². The Morgan fingerprint density at radius 1 is 0.943 bits per heavy atom. The van der Waals surface area contributed by atoms with Crippen LogP contribution in [-0.4, -0.2) is 82.9 Å². The first-order valence-corrected chi connectivity index (χ1v) is 11.6. The van der Waals surface area contributed by atoms with Gasteiger partial charge in [-0.05, 0) is 56.6 Å². The molecule has 0 atom stereocenters. The van der Waals surface area contributed by atoms with Crippen molar-refractivity contribution in [1.82, 2.24) is 29.5 Å². The van der Waals surface area contributed by atoms with Crippen molar-refractivity contribution in [3.8, 4) is 16.9 Å². The highest BCUT2D eigenvalue weighted by Gasteiger charge is 2.24. The number of fused-ring (bicyclic) bond motifs is 1. The Kier molecular flexibility index (Phi) is 6.31. The minimum absolute atomic E-state index is 0.296. The molecule has 0 radical (unpaired) electrons. The Bertz CT molecular complexity index is 1330. The molecule has 0 amide bonds. The van der Waals surface area contributed by atoms with Crippen LogP contribution in [0.1, 0.15) is 0 Å². The summed E-state index contributed by atoms with van der Waals surface area (Å²) < 4.78 is 29.0. The van der Waals surface area contributed by atoms with E-state index in [4.69, 9.17) is 15.7 Å². The van der Waals surface area contributed by atoms with Crippen molar-refractivity contribution < 1.29 is 8.78 Å². The van der Waals surface area contributed by atoms with Gasteiger partial charge in [0.25, 0.3) is 0 Å². The fourth-order valence-electron chi connectivity index (χ4n) is 4.28. The molecule has 0 spiro atoms. The second kappa shape index (κ2) is 9.55. The van der Waals surface area contributed by atoms with E-state index >= 15 is 0 Å². The van der Waals surface area contributed by atoms with Gasteiger partial charge < -0.3 is 15.5 Å². The molecule has 182 valence electrons. The molecule has 5 rings (SSSR count). The average Bonchev–Trinajstić information content (AvgIpc) is 3.19. The standard InChI is InChI=1S/C25H28F2N8/c1-32(2)10-11-33-12-14-34(15-13-33)25-29-22(17-6-8-18(26)9-7-17)21-23(28)35(31-24(21)30-25)20-5-3-4-19(27)16-20/h3-9,16H,10-15,28H2,1-2H3. The van der Waals surface area contributed by atoms with Crippen molar-refractivity contribution in [3.63, 3.8) is 0 Å². The van der Waals surface area contributed by atoms with Gasteiger partial charge in [-0.2, -0.15) is 4.98 Å². The van der Waals surface area contributed by atoms with Crippen molar-refractivity contribution in [2.75, 3.05) is 64.0 Å². The van der Waals surface area contributed by atoms with E-state index in [1.54, 1.807) is 24.3 Å². The van der Waals surface area contributed by atoms with Gasteiger partial charge in [0.1, 0.15) is 17.5 Å². The fourth-order valence-corrected chi connectivity index (χ4v) is 4.28. The number of nitrogen functional groups attached to an aromatic ring is 1. The van der Waals surface area contributed by atoms with Gasteiger partial charge in [0.05, 0.1) is 16.8 Å². The topological polar surface area (TPSA) is 79.3 Å². The number of benzene rings is 2. The number of likely N-dealkylation sites (N-methyl/N-ethyl adjacent to an activating group) is 1. The highest BCUT2D eigenvalue weighted by atomic mass is 19.1. The van der Waals surface area contributed by atoms with Gasteiger partial charge in [0, 0.05) is 44.8 Å². The van der Waals surface area contributed by atoms with Gasteiger partial charge in [0.15, 0.2) is 5.65 Å². The molecule has 0 bridgehead atoms. The molecule has 3 heterocycles. The van der Waals surface area contributed by atoms with E-state index in [1.807, 2.05) is 0 Å². The fraction of sp³-hybridized carbons (Fsp3) is 0.320. The molecule has 10 heteroatoms. The molecular formula is C25H28F2N8. The van der Waals surface area contributed by atoms with E-state index in [1.165, 1.54) is 28.9 Å². The van der Waals surface area contributed by atoms with Crippen molar-refractivity contribution in [1.29, 1.82) is 0 Å². The lowest BCUT2D eigenvalue weighted by Crippen LogP contribution is -2.48. The Balaban J connectivity index is 1.55. The smallest absolute Gasteiger partial charge is 0.228 e. The largest absolute Gasteiger partial charge is 0.383 e. The van der Waals surface area contributed by atoms with Crippen molar-refractivity contribution in [2.24, 2.45) is 0 Å². The number of rotatable bonds is 6. The number of hydrogen-bond donors (Lipinski definition) is 1. The normalized spacial score (nSPS) is 14.8. The molecule has 0 saturated carbocycles. The predicted molar refractivity (Wildman–Crippen MR) is 134 cm³/mol. The first-order valence-electron chi connectivity index (χ1n) is 11.6. The van der Waals surface area contributed by atoms with E-state index < -0.39 is 0 Å². The van der Waals surface area contributed by atoms with Gasteiger partial charge in [0.2, 0.25) is 5.95 Å². The van der Waals surface area contributed by atoms with E-state index in [9.17, 15) is 8.78 Å². The minimum Gasteiger partial charge on any atom is -0.383 e. The van der Waals surface area contributed by atoms with Crippen LogP contribution < -0.4 is 10.6 Å². The zero-order chi connectivity index (χ0) is 24.5. The van der Waals surface area contributed by atoms with Crippen LogP contribution >= 0.6 is 0 Å². The van der Waals surface area contributed by atoms with Crippen LogP contribution in [0.4, 0.5) is 20.5 Å². The maximum Gasteiger partial charge on any atom is 0.228 e. The summed E-state index contributed by atoms with van der Waals surface area (Å²) in [6.45, 7) is 5.38. The summed E-state index contributed by atoms with van der Waals surface area (Å²) in [4.78, 5) is 16.3. The maximum atomic E-state index is 13.9. The van der Waals surface area contributed by atoms with Crippen LogP contribution in [-0.2, 0) is 0 Å². The van der Waals surface area contributed by atoms with Crippen LogP contribution in [0.15, 0.2) is 48.5 Å². The summed E-state index contributed by atoms with van der Waals surface area (Å²) in [7, 11) is 4.15. The quantitative estimate of drug-likeness (QED) is 0.456. The molecule has 1 aliphatic heterocycles. The van der Waals surface area contributed by atoms with Crippen LogP contribution in [0.3, 0.4) is 0 Å². The predicted octanol–water partition coefficient (Wildman–Crippen LogP) is 3.03. The third-order valence-electron chi connectivity index (χ3n) is 6.25. The minimum atomic E-state index is -0.390. The number of nitrogens with two attached hydrogens (primary N) is 1. The van der Waals surface area contributed by atoms with E-state index in [0.717, 1.165) is 39.3 Å². The van der Waals surface area contributed by atoms with Gasteiger partial charge in [-0.1, -0.05) is 6.07 Å². The average molecular weight is 479 g/mol. The molecule has 2 aromatic heterocycles. The third-order valence-corrected chi connectivity index (χ3v) is 6.25. The summed E-state index contributed by atoms with van der Waals surface area (Å²) in [6.07, 6.45) is 0. The molecule has 2 aromatic carbocycles. The molecule has 4 aromatic rings. The number of aromatic nitrogens is 4. The molecule has 8 nitrogen and oxygen atoms in total. The Hall–Kier alpha value is -3.63. The van der Waals surface area contributed by atoms with E-state index in [2.05, 4.69) is 33.9 Å². The number of halogens is 2. The number of nitrogens with zero attached hydrogens (tertiary/aromatic N) is 7. The summed E-state index contributed by atoms with van der Waals surface area (Å²) in [5.74, 6) is 0.119. The molecule has 1 aliphatic rings. The molecule has 2 N–H and O–H groups in total. The summed E-state index contributed by atoms with van der Waals surface area (Å²) in [5, 5.41) is 5.15. The van der Waals surface area contributed by atoms with E-state index in [-0.39, 0.29) is 11.6 Å². The second-order valence-electron chi connectivity index (χ2n) is 8.99. The first kappa shape index (κ1) is 23.1. The highest BCUT2D eigenvalue weighted by molar-refractivity contribution is 5.99. The zero-order valence-electron chi connectivity index (χ0n) is 19.8. The van der Waals surface area contributed by atoms with Gasteiger partial charge in [-0.15, -0.1) is 5.10 Å². The number of anilines is 2.